The molecular weight excluding hydrogens is 258 g/mol. The van der Waals surface area contributed by atoms with E-state index in [4.69, 9.17) is 13.9 Å². The van der Waals surface area contributed by atoms with Crippen LogP contribution in [0.5, 0.6) is 0 Å². The Labute approximate surface area is 118 Å². The van der Waals surface area contributed by atoms with Gasteiger partial charge >= 0.3 is 0 Å². The van der Waals surface area contributed by atoms with Crippen molar-refractivity contribution in [1.29, 1.82) is 0 Å². The predicted octanol–water partition coefficient (Wildman–Crippen LogP) is 1.84. The van der Waals surface area contributed by atoms with Crippen LogP contribution in [0.15, 0.2) is 23.0 Å². The molecule has 0 aliphatic carbocycles. The van der Waals surface area contributed by atoms with E-state index in [1.165, 1.54) is 12.5 Å². The van der Waals surface area contributed by atoms with Gasteiger partial charge in [0.2, 0.25) is 0 Å². The van der Waals surface area contributed by atoms with E-state index in [0.717, 1.165) is 45.7 Å². The van der Waals surface area contributed by atoms with Crippen molar-refractivity contribution in [1.82, 2.24) is 5.32 Å². The topological polar surface area (TPSA) is 60.7 Å². The summed E-state index contributed by atoms with van der Waals surface area (Å²) in [7, 11) is 0. The number of carbonyl (C=O) groups excluding carboxylic acids is 1. The molecule has 20 heavy (non-hydrogen) atoms. The average molecular weight is 279 g/mol. The monoisotopic (exact) mass is 279 g/mol. The minimum Gasteiger partial charge on any atom is -0.472 e. The highest BCUT2D eigenvalue weighted by atomic mass is 16.5. The summed E-state index contributed by atoms with van der Waals surface area (Å²) < 4.78 is 16.0. The van der Waals surface area contributed by atoms with Gasteiger partial charge in [-0.25, -0.2) is 0 Å². The first-order valence-electron chi connectivity index (χ1n) is 7.33. The second-order valence-corrected chi connectivity index (χ2v) is 5.57. The molecule has 110 valence electrons. The molecule has 0 spiro atoms. The van der Waals surface area contributed by atoms with Crippen molar-refractivity contribution in [3.63, 3.8) is 0 Å². The van der Waals surface area contributed by atoms with Crippen LogP contribution in [0, 0.1) is 11.8 Å². The second-order valence-electron chi connectivity index (χ2n) is 5.57. The zero-order valence-corrected chi connectivity index (χ0v) is 11.5. The molecule has 1 N–H and O–H groups in total. The number of carbonyl (C=O) groups is 1. The van der Waals surface area contributed by atoms with Crippen molar-refractivity contribution in [3.8, 4) is 0 Å². The van der Waals surface area contributed by atoms with Crippen LogP contribution in [0.4, 0.5) is 0 Å². The molecule has 2 saturated heterocycles. The van der Waals surface area contributed by atoms with Gasteiger partial charge in [0.15, 0.2) is 0 Å². The zero-order chi connectivity index (χ0) is 13.8. The Bertz CT molecular complexity index is 425. The highest BCUT2D eigenvalue weighted by Crippen LogP contribution is 2.30. The van der Waals surface area contributed by atoms with E-state index in [2.05, 4.69) is 5.32 Å². The van der Waals surface area contributed by atoms with Crippen molar-refractivity contribution in [2.24, 2.45) is 11.8 Å². The summed E-state index contributed by atoms with van der Waals surface area (Å²) in [6.07, 6.45) is 6.01. The van der Waals surface area contributed by atoms with Crippen LogP contribution in [-0.4, -0.2) is 38.4 Å². The number of hydrogen-bond acceptors (Lipinski definition) is 4. The largest absolute Gasteiger partial charge is 0.472 e. The van der Waals surface area contributed by atoms with Crippen LogP contribution < -0.4 is 5.32 Å². The molecule has 3 rings (SSSR count). The lowest BCUT2D eigenvalue weighted by Crippen LogP contribution is -2.49. The van der Waals surface area contributed by atoms with Gasteiger partial charge in [-0.1, -0.05) is 0 Å². The molecule has 2 aliphatic rings. The van der Waals surface area contributed by atoms with Gasteiger partial charge in [-0.05, 0) is 31.2 Å². The van der Waals surface area contributed by atoms with E-state index in [1.807, 2.05) is 0 Å². The van der Waals surface area contributed by atoms with Gasteiger partial charge in [-0.3, -0.25) is 4.79 Å². The second kappa shape index (κ2) is 6.41. The van der Waals surface area contributed by atoms with E-state index in [0.29, 0.717) is 17.4 Å². The molecule has 2 atom stereocenters. The average Bonchev–Trinajstić information content (AvgIpc) is 3.03. The molecule has 5 heteroatoms. The molecule has 1 aromatic heterocycles. The molecule has 1 aromatic rings. The first-order chi connectivity index (χ1) is 9.84. The van der Waals surface area contributed by atoms with Gasteiger partial charge in [0.05, 0.1) is 18.4 Å². The van der Waals surface area contributed by atoms with Crippen molar-refractivity contribution >= 4 is 5.91 Å². The Morgan fingerprint density at radius 2 is 1.95 bits per heavy atom. The van der Waals surface area contributed by atoms with Crippen LogP contribution in [0.2, 0.25) is 0 Å². The van der Waals surface area contributed by atoms with Gasteiger partial charge in [0, 0.05) is 31.8 Å². The molecule has 5 nitrogen and oxygen atoms in total. The van der Waals surface area contributed by atoms with Crippen molar-refractivity contribution in [3.05, 3.63) is 24.2 Å². The van der Waals surface area contributed by atoms with Crippen LogP contribution in [0.1, 0.15) is 29.6 Å². The molecule has 3 heterocycles. The fraction of sp³-hybridized carbons (Fsp3) is 0.667. The minimum atomic E-state index is -0.0530. The minimum absolute atomic E-state index is 0.0530. The SMILES string of the molecule is O=C(N[C@@H]1CCOC[C@@H]1C1CCOCC1)c1ccoc1. The molecule has 1 amide bonds. The fourth-order valence-electron chi connectivity index (χ4n) is 3.19. The molecule has 0 bridgehead atoms. The highest BCUT2D eigenvalue weighted by molar-refractivity contribution is 5.93. The van der Waals surface area contributed by atoms with E-state index >= 15 is 0 Å². The standard InChI is InChI=1S/C15H21NO4/c17-15(12-3-7-19-9-12)16-14-4-8-20-10-13(14)11-1-5-18-6-2-11/h3,7,9,11,13-14H,1-2,4-6,8,10H2,(H,16,17)/t13-,14-/m1/s1. The lowest BCUT2D eigenvalue weighted by Gasteiger charge is -2.38. The van der Waals surface area contributed by atoms with Gasteiger partial charge in [-0.2, -0.15) is 0 Å². The van der Waals surface area contributed by atoms with E-state index < -0.39 is 0 Å². The summed E-state index contributed by atoms with van der Waals surface area (Å²) >= 11 is 0. The van der Waals surface area contributed by atoms with E-state index in [-0.39, 0.29) is 11.9 Å². The first-order valence-corrected chi connectivity index (χ1v) is 7.33. The van der Waals surface area contributed by atoms with Crippen LogP contribution >= 0.6 is 0 Å². The van der Waals surface area contributed by atoms with Gasteiger partial charge < -0.3 is 19.2 Å². The molecule has 0 unspecified atom stereocenters. The number of ether oxygens (including phenoxy) is 2. The van der Waals surface area contributed by atoms with Crippen molar-refractivity contribution in [2.45, 2.75) is 25.3 Å². The van der Waals surface area contributed by atoms with Crippen molar-refractivity contribution < 1.29 is 18.7 Å². The summed E-state index contributed by atoms with van der Waals surface area (Å²) in [4.78, 5) is 12.2. The highest BCUT2D eigenvalue weighted by Gasteiger charge is 2.34. The molecule has 0 radical (unpaired) electrons. The third-order valence-electron chi connectivity index (χ3n) is 4.37. The quantitative estimate of drug-likeness (QED) is 0.917. The molecule has 0 aromatic carbocycles. The van der Waals surface area contributed by atoms with E-state index in [9.17, 15) is 4.79 Å². The van der Waals surface area contributed by atoms with Gasteiger partial charge in [0.1, 0.15) is 6.26 Å². The number of hydrogen-bond donors (Lipinski definition) is 1. The number of nitrogens with one attached hydrogen (secondary N) is 1. The number of amides is 1. The van der Waals surface area contributed by atoms with E-state index in [1.54, 1.807) is 6.07 Å². The van der Waals surface area contributed by atoms with Crippen LogP contribution in [0.3, 0.4) is 0 Å². The summed E-state index contributed by atoms with van der Waals surface area (Å²) in [5.74, 6) is 0.921. The third-order valence-corrected chi connectivity index (χ3v) is 4.37. The Morgan fingerprint density at radius 1 is 1.15 bits per heavy atom. The maximum Gasteiger partial charge on any atom is 0.254 e. The molecule has 2 aliphatic heterocycles. The Balaban J connectivity index is 1.64. The maximum atomic E-state index is 12.2. The smallest absolute Gasteiger partial charge is 0.254 e. The Hall–Kier alpha value is -1.33. The summed E-state index contributed by atoms with van der Waals surface area (Å²) in [5.41, 5.74) is 0.585. The zero-order valence-electron chi connectivity index (χ0n) is 11.5. The maximum absolute atomic E-state index is 12.2. The predicted molar refractivity (Wildman–Crippen MR) is 72.4 cm³/mol. The summed E-state index contributed by atoms with van der Waals surface area (Å²) in [5, 5.41) is 3.15. The lowest BCUT2D eigenvalue weighted by atomic mass is 9.79. The Morgan fingerprint density at radius 3 is 2.70 bits per heavy atom. The summed E-state index contributed by atoms with van der Waals surface area (Å²) in [6, 6.07) is 1.88. The molecule has 0 saturated carbocycles. The van der Waals surface area contributed by atoms with Gasteiger partial charge in [-0.15, -0.1) is 0 Å². The molecule has 2 fully saturated rings. The normalized spacial score (nSPS) is 28.2. The van der Waals surface area contributed by atoms with Crippen molar-refractivity contribution in [2.75, 3.05) is 26.4 Å². The van der Waals surface area contributed by atoms with Crippen LogP contribution in [0.25, 0.3) is 0 Å². The van der Waals surface area contributed by atoms with Crippen LogP contribution in [-0.2, 0) is 9.47 Å². The van der Waals surface area contributed by atoms with Gasteiger partial charge in [0.25, 0.3) is 5.91 Å². The number of furan rings is 1. The lowest BCUT2D eigenvalue weighted by molar-refractivity contribution is -0.0259. The summed E-state index contributed by atoms with van der Waals surface area (Å²) in [6.45, 7) is 3.10. The Kier molecular flexibility index (Phi) is 4.38. The number of rotatable bonds is 3. The fourth-order valence-corrected chi connectivity index (χ4v) is 3.19. The first kappa shape index (κ1) is 13.6. The molecular formula is C15H21NO4. The third kappa shape index (κ3) is 3.04.